The van der Waals surface area contributed by atoms with Crippen molar-refractivity contribution >= 4 is 27.5 Å². The van der Waals surface area contributed by atoms with Crippen LogP contribution in [-0.2, 0) is 0 Å². The molecule has 126 valence electrons. The average Bonchev–Trinajstić information content (AvgIpc) is 3.35. The zero-order valence-corrected chi connectivity index (χ0v) is 14.5. The predicted molar refractivity (Wildman–Crippen MR) is 94.2 cm³/mol. The number of nitrogens with zero attached hydrogens (tertiary/aromatic N) is 2. The molecule has 3 aromatic rings. The highest BCUT2D eigenvalue weighted by atomic mass is 79.9. The van der Waals surface area contributed by atoms with Crippen LogP contribution in [0.5, 0.6) is 0 Å². The van der Waals surface area contributed by atoms with Gasteiger partial charge in [-0.1, -0.05) is 12.1 Å². The first-order valence-electron chi connectivity index (χ1n) is 7.76. The summed E-state index contributed by atoms with van der Waals surface area (Å²) in [5.74, 6) is -0.683. The molecule has 7 heteroatoms. The van der Waals surface area contributed by atoms with Crippen LogP contribution in [0.3, 0.4) is 0 Å². The second-order valence-corrected chi connectivity index (χ2v) is 6.95. The van der Waals surface area contributed by atoms with Crippen LogP contribution in [0.4, 0.5) is 4.39 Å². The molecule has 2 atom stereocenters. The third-order valence-corrected chi connectivity index (χ3v) is 4.76. The molecule has 5 nitrogen and oxygen atoms in total. The fraction of sp³-hybridized carbons (Fsp3) is 0.167. The Labute approximate surface area is 150 Å². The maximum Gasteiger partial charge on any atom is 0.270 e. The first-order valence-corrected chi connectivity index (χ1v) is 8.55. The van der Waals surface area contributed by atoms with E-state index < -0.39 is 11.5 Å². The van der Waals surface area contributed by atoms with Gasteiger partial charge in [-0.2, -0.15) is 0 Å². The van der Waals surface area contributed by atoms with Gasteiger partial charge in [-0.05, 0) is 52.2 Å². The lowest BCUT2D eigenvalue weighted by molar-refractivity contribution is 0.0948. The van der Waals surface area contributed by atoms with Crippen LogP contribution in [0.2, 0.25) is 0 Å². The molecule has 0 spiro atoms. The molecule has 1 aromatic carbocycles. The van der Waals surface area contributed by atoms with Crippen molar-refractivity contribution in [3.8, 4) is 0 Å². The molecule has 1 saturated carbocycles. The Balaban J connectivity index is 1.55. The lowest BCUT2D eigenvalue weighted by Crippen LogP contribution is -2.33. The van der Waals surface area contributed by atoms with Crippen molar-refractivity contribution in [1.29, 1.82) is 0 Å². The molecule has 1 amide bonds. The van der Waals surface area contributed by atoms with Crippen molar-refractivity contribution in [2.75, 3.05) is 0 Å². The number of pyridine rings is 1. The van der Waals surface area contributed by atoms with E-state index in [0.29, 0.717) is 5.65 Å². The second-order valence-electron chi connectivity index (χ2n) is 6.03. The van der Waals surface area contributed by atoms with Gasteiger partial charge in [0, 0.05) is 28.8 Å². The van der Waals surface area contributed by atoms with Crippen LogP contribution < -0.4 is 10.9 Å². The van der Waals surface area contributed by atoms with Gasteiger partial charge in [-0.3, -0.25) is 14.0 Å². The number of halogens is 2. The van der Waals surface area contributed by atoms with Crippen molar-refractivity contribution in [3.63, 3.8) is 0 Å². The third kappa shape index (κ3) is 3.07. The van der Waals surface area contributed by atoms with E-state index in [4.69, 9.17) is 0 Å². The Bertz CT molecular complexity index is 1050. The Hall–Kier alpha value is -2.54. The SMILES string of the molecule is O=C(NC1CC1c1cccc(F)c1)c1cnc2ccc(Br)cn2c1=O. The maximum atomic E-state index is 13.3. The van der Waals surface area contributed by atoms with Gasteiger partial charge in [0.05, 0.1) is 0 Å². The zero-order chi connectivity index (χ0) is 17.6. The molecule has 0 radical (unpaired) electrons. The van der Waals surface area contributed by atoms with Crippen molar-refractivity contribution < 1.29 is 9.18 Å². The summed E-state index contributed by atoms with van der Waals surface area (Å²) >= 11 is 3.30. The average molecular weight is 402 g/mol. The molecule has 1 aliphatic rings. The van der Waals surface area contributed by atoms with E-state index in [1.807, 2.05) is 6.07 Å². The number of hydrogen-bond donors (Lipinski definition) is 1. The summed E-state index contributed by atoms with van der Waals surface area (Å²) in [6.07, 6.45) is 3.59. The molecule has 1 N–H and O–H groups in total. The van der Waals surface area contributed by atoms with E-state index in [1.165, 1.54) is 22.7 Å². The fourth-order valence-corrected chi connectivity index (χ4v) is 3.25. The van der Waals surface area contributed by atoms with Gasteiger partial charge >= 0.3 is 0 Å². The lowest BCUT2D eigenvalue weighted by atomic mass is 10.1. The summed E-state index contributed by atoms with van der Waals surface area (Å²) in [5, 5.41) is 2.83. The minimum atomic E-state index is -0.462. The number of benzene rings is 1. The van der Waals surface area contributed by atoms with Gasteiger partial charge in [0.25, 0.3) is 11.5 Å². The maximum absolute atomic E-state index is 13.3. The van der Waals surface area contributed by atoms with E-state index in [-0.39, 0.29) is 23.3 Å². The van der Waals surface area contributed by atoms with E-state index >= 15 is 0 Å². The van der Waals surface area contributed by atoms with Gasteiger partial charge < -0.3 is 5.32 Å². The number of carbonyl (C=O) groups is 1. The van der Waals surface area contributed by atoms with Crippen LogP contribution in [0.15, 0.2) is 58.1 Å². The Morgan fingerprint density at radius 3 is 2.96 bits per heavy atom. The minimum absolute atomic E-state index is 0.0134. The van der Waals surface area contributed by atoms with E-state index in [2.05, 4.69) is 26.2 Å². The number of rotatable bonds is 3. The van der Waals surface area contributed by atoms with Crippen LogP contribution >= 0.6 is 15.9 Å². The molecule has 4 rings (SSSR count). The van der Waals surface area contributed by atoms with Crippen LogP contribution in [0, 0.1) is 5.82 Å². The summed E-state index contributed by atoms with van der Waals surface area (Å²) in [4.78, 5) is 29.1. The smallest absolute Gasteiger partial charge is 0.270 e. The molecule has 0 aliphatic heterocycles. The first kappa shape index (κ1) is 16.0. The largest absolute Gasteiger partial charge is 0.348 e. The molecule has 0 saturated heterocycles. The van der Waals surface area contributed by atoms with Gasteiger partial charge in [0.2, 0.25) is 0 Å². The van der Waals surface area contributed by atoms with Crippen molar-refractivity contribution in [2.45, 2.75) is 18.4 Å². The van der Waals surface area contributed by atoms with Gasteiger partial charge in [-0.25, -0.2) is 9.37 Å². The number of fused-ring (bicyclic) bond motifs is 1. The summed E-state index contributed by atoms with van der Waals surface area (Å²) in [6, 6.07) is 9.71. The monoisotopic (exact) mass is 401 g/mol. The molecule has 1 aliphatic carbocycles. The number of nitrogens with one attached hydrogen (secondary N) is 1. The van der Waals surface area contributed by atoms with E-state index in [1.54, 1.807) is 24.4 Å². The predicted octanol–water partition coefficient (Wildman–Crippen LogP) is 2.88. The van der Waals surface area contributed by atoms with Crippen molar-refractivity contribution in [2.24, 2.45) is 0 Å². The highest BCUT2D eigenvalue weighted by molar-refractivity contribution is 9.10. The van der Waals surface area contributed by atoms with Gasteiger partial charge in [0.1, 0.15) is 17.0 Å². The molecular weight excluding hydrogens is 389 g/mol. The van der Waals surface area contributed by atoms with E-state index in [9.17, 15) is 14.0 Å². The highest BCUT2D eigenvalue weighted by Crippen LogP contribution is 2.40. The molecule has 2 heterocycles. The third-order valence-electron chi connectivity index (χ3n) is 4.29. The lowest BCUT2D eigenvalue weighted by Gasteiger charge is -2.06. The molecule has 2 aromatic heterocycles. The number of amides is 1. The Kier molecular flexibility index (Phi) is 3.88. The van der Waals surface area contributed by atoms with E-state index in [0.717, 1.165) is 16.5 Å². The molecule has 0 bridgehead atoms. The van der Waals surface area contributed by atoms with Crippen LogP contribution in [0.25, 0.3) is 5.65 Å². The number of carbonyl (C=O) groups excluding carboxylic acids is 1. The standard InChI is InChI=1S/C18H13BrFN3O2/c19-11-4-5-16-21-8-14(18(25)23(16)9-11)17(24)22-15-7-13(15)10-2-1-3-12(20)6-10/h1-6,8-9,13,15H,7H2,(H,22,24). The number of aromatic nitrogens is 2. The van der Waals surface area contributed by atoms with Crippen molar-refractivity contribution in [1.82, 2.24) is 14.7 Å². The summed E-state index contributed by atoms with van der Waals surface area (Å²) < 4.78 is 15.3. The molecule has 1 fully saturated rings. The summed E-state index contributed by atoms with van der Waals surface area (Å²) in [6.45, 7) is 0. The number of hydrogen-bond acceptors (Lipinski definition) is 3. The topological polar surface area (TPSA) is 63.5 Å². The first-order chi connectivity index (χ1) is 12.0. The minimum Gasteiger partial charge on any atom is -0.348 e. The Morgan fingerprint density at radius 1 is 1.32 bits per heavy atom. The van der Waals surface area contributed by atoms with Gasteiger partial charge in [-0.15, -0.1) is 0 Å². The van der Waals surface area contributed by atoms with Crippen molar-refractivity contribution in [3.05, 3.63) is 80.6 Å². The fourth-order valence-electron chi connectivity index (χ4n) is 2.91. The normalized spacial score (nSPS) is 19.0. The van der Waals surface area contributed by atoms with Crippen LogP contribution in [0.1, 0.15) is 28.3 Å². The zero-order valence-electron chi connectivity index (χ0n) is 12.9. The molecule has 25 heavy (non-hydrogen) atoms. The second kappa shape index (κ2) is 6.07. The van der Waals surface area contributed by atoms with Gasteiger partial charge in [0.15, 0.2) is 0 Å². The molecule has 2 unspecified atom stereocenters. The quantitative estimate of drug-likeness (QED) is 0.733. The summed E-state index contributed by atoms with van der Waals surface area (Å²) in [7, 11) is 0. The Morgan fingerprint density at radius 2 is 2.16 bits per heavy atom. The highest BCUT2D eigenvalue weighted by Gasteiger charge is 2.40. The summed E-state index contributed by atoms with van der Waals surface area (Å²) in [5.41, 5.74) is 0.878. The van der Waals surface area contributed by atoms with Crippen LogP contribution in [-0.4, -0.2) is 21.3 Å². The molecular formula is C18H13BrFN3O2.